The van der Waals surface area contributed by atoms with E-state index in [1.807, 2.05) is 13.0 Å². The maximum atomic E-state index is 5.87. The predicted molar refractivity (Wildman–Crippen MR) is 84.7 cm³/mol. The van der Waals surface area contributed by atoms with Crippen LogP contribution in [0.3, 0.4) is 0 Å². The molecule has 1 atom stereocenters. The van der Waals surface area contributed by atoms with Gasteiger partial charge in [-0.15, -0.1) is 0 Å². The Morgan fingerprint density at radius 2 is 2.05 bits per heavy atom. The molecule has 0 aliphatic carbocycles. The molecule has 0 aromatic heterocycles. The first-order valence-electron chi connectivity index (χ1n) is 6.85. The van der Waals surface area contributed by atoms with Gasteiger partial charge in [-0.05, 0) is 53.5 Å². The van der Waals surface area contributed by atoms with Gasteiger partial charge in [-0.2, -0.15) is 0 Å². The minimum Gasteiger partial charge on any atom is -0.493 e. The summed E-state index contributed by atoms with van der Waals surface area (Å²) < 4.78 is 17.3. The number of rotatable bonds is 9. The lowest BCUT2D eigenvalue weighted by Gasteiger charge is -2.18. The molecule has 20 heavy (non-hydrogen) atoms. The SMILES string of the molecule is CCCNCc1cc(Br)c(OC(C)COC)c(OC)c1. The van der Waals surface area contributed by atoms with Gasteiger partial charge in [-0.25, -0.2) is 0 Å². The highest BCUT2D eigenvalue weighted by Crippen LogP contribution is 2.37. The van der Waals surface area contributed by atoms with Crippen molar-refractivity contribution in [1.82, 2.24) is 5.32 Å². The van der Waals surface area contributed by atoms with Gasteiger partial charge in [-0.1, -0.05) is 6.92 Å². The van der Waals surface area contributed by atoms with Crippen LogP contribution >= 0.6 is 15.9 Å². The first kappa shape index (κ1) is 17.3. The Labute approximate surface area is 129 Å². The minimum absolute atomic E-state index is 0.0331. The standard InChI is InChI=1S/C15H24BrNO3/c1-5-6-17-9-12-7-13(16)15(14(8-12)19-4)20-11(2)10-18-3/h7-8,11,17H,5-6,9-10H2,1-4H3. The Hall–Kier alpha value is -0.780. The van der Waals surface area contributed by atoms with E-state index in [0.717, 1.165) is 41.0 Å². The lowest BCUT2D eigenvalue weighted by atomic mass is 10.2. The van der Waals surface area contributed by atoms with Gasteiger partial charge in [0.1, 0.15) is 6.10 Å². The maximum Gasteiger partial charge on any atom is 0.175 e. The first-order valence-corrected chi connectivity index (χ1v) is 7.64. The van der Waals surface area contributed by atoms with Crippen LogP contribution in [0.5, 0.6) is 11.5 Å². The molecule has 1 aromatic rings. The number of hydrogen-bond donors (Lipinski definition) is 1. The van der Waals surface area contributed by atoms with Crippen molar-refractivity contribution in [3.8, 4) is 11.5 Å². The Morgan fingerprint density at radius 3 is 2.65 bits per heavy atom. The smallest absolute Gasteiger partial charge is 0.175 e. The Bertz CT molecular complexity index is 412. The van der Waals surface area contributed by atoms with Gasteiger partial charge in [0, 0.05) is 13.7 Å². The third-order valence-corrected chi connectivity index (χ3v) is 3.35. The molecule has 0 spiro atoms. The third-order valence-electron chi connectivity index (χ3n) is 2.77. The van der Waals surface area contributed by atoms with E-state index < -0.39 is 0 Å². The van der Waals surface area contributed by atoms with Crippen molar-refractivity contribution in [3.05, 3.63) is 22.2 Å². The van der Waals surface area contributed by atoms with Crippen molar-refractivity contribution >= 4 is 15.9 Å². The summed E-state index contributed by atoms with van der Waals surface area (Å²) in [6.07, 6.45) is 1.09. The summed E-state index contributed by atoms with van der Waals surface area (Å²) >= 11 is 3.55. The molecular formula is C15H24BrNO3. The van der Waals surface area contributed by atoms with Crippen LogP contribution < -0.4 is 14.8 Å². The van der Waals surface area contributed by atoms with Crippen molar-refractivity contribution < 1.29 is 14.2 Å². The summed E-state index contributed by atoms with van der Waals surface area (Å²) in [7, 11) is 3.31. The molecule has 0 bridgehead atoms. The molecule has 0 fully saturated rings. The van der Waals surface area contributed by atoms with Gasteiger partial charge in [0.2, 0.25) is 0 Å². The normalized spacial score (nSPS) is 12.2. The molecule has 114 valence electrons. The number of halogens is 1. The zero-order chi connectivity index (χ0) is 15.0. The van der Waals surface area contributed by atoms with Crippen molar-refractivity contribution in [3.63, 3.8) is 0 Å². The van der Waals surface area contributed by atoms with Crippen LogP contribution in [0.2, 0.25) is 0 Å². The van der Waals surface area contributed by atoms with E-state index in [-0.39, 0.29) is 6.10 Å². The zero-order valence-electron chi connectivity index (χ0n) is 12.7. The fourth-order valence-electron chi connectivity index (χ4n) is 1.87. The quantitative estimate of drug-likeness (QED) is 0.696. The highest BCUT2D eigenvalue weighted by atomic mass is 79.9. The molecule has 0 amide bonds. The Balaban J connectivity index is 2.84. The van der Waals surface area contributed by atoms with E-state index in [1.54, 1.807) is 14.2 Å². The van der Waals surface area contributed by atoms with Crippen molar-refractivity contribution in [2.24, 2.45) is 0 Å². The van der Waals surface area contributed by atoms with E-state index in [4.69, 9.17) is 14.2 Å². The summed E-state index contributed by atoms with van der Waals surface area (Å²) in [6.45, 7) is 6.47. The van der Waals surface area contributed by atoms with Crippen molar-refractivity contribution in [1.29, 1.82) is 0 Å². The monoisotopic (exact) mass is 345 g/mol. The van der Waals surface area contributed by atoms with Crippen LogP contribution in [-0.2, 0) is 11.3 Å². The van der Waals surface area contributed by atoms with Crippen LogP contribution in [0.1, 0.15) is 25.8 Å². The second-order valence-electron chi connectivity index (χ2n) is 4.67. The van der Waals surface area contributed by atoms with Crippen LogP contribution in [-0.4, -0.2) is 33.5 Å². The first-order chi connectivity index (χ1) is 9.62. The summed E-state index contributed by atoms with van der Waals surface area (Å²) in [5, 5.41) is 3.37. The largest absolute Gasteiger partial charge is 0.493 e. The van der Waals surface area contributed by atoms with E-state index in [1.165, 1.54) is 0 Å². The number of benzene rings is 1. The average Bonchev–Trinajstić information content (AvgIpc) is 2.42. The highest BCUT2D eigenvalue weighted by molar-refractivity contribution is 9.10. The number of ether oxygens (including phenoxy) is 3. The van der Waals surface area contributed by atoms with Crippen LogP contribution in [0.15, 0.2) is 16.6 Å². The lowest BCUT2D eigenvalue weighted by Crippen LogP contribution is -2.19. The van der Waals surface area contributed by atoms with Gasteiger partial charge in [-0.3, -0.25) is 0 Å². The average molecular weight is 346 g/mol. The number of hydrogen-bond acceptors (Lipinski definition) is 4. The second-order valence-corrected chi connectivity index (χ2v) is 5.52. The molecule has 0 saturated heterocycles. The molecule has 0 aliphatic rings. The summed E-state index contributed by atoms with van der Waals surface area (Å²) in [5.41, 5.74) is 1.16. The number of nitrogens with one attached hydrogen (secondary N) is 1. The molecule has 1 N–H and O–H groups in total. The van der Waals surface area contributed by atoms with Crippen molar-refractivity contribution in [2.75, 3.05) is 27.4 Å². The van der Waals surface area contributed by atoms with Gasteiger partial charge in [0.05, 0.1) is 18.2 Å². The molecule has 5 heteroatoms. The highest BCUT2D eigenvalue weighted by Gasteiger charge is 2.14. The number of methoxy groups -OCH3 is 2. The third kappa shape index (κ3) is 5.31. The molecule has 0 saturated carbocycles. The van der Waals surface area contributed by atoms with Gasteiger partial charge >= 0.3 is 0 Å². The summed E-state index contributed by atoms with van der Waals surface area (Å²) in [4.78, 5) is 0. The van der Waals surface area contributed by atoms with Crippen molar-refractivity contribution in [2.45, 2.75) is 32.9 Å². The van der Waals surface area contributed by atoms with Crippen LogP contribution in [0.25, 0.3) is 0 Å². The molecule has 0 heterocycles. The Morgan fingerprint density at radius 1 is 1.30 bits per heavy atom. The minimum atomic E-state index is -0.0331. The van der Waals surface area contributed by atoms with Crippen LogP contribution in [0, 0.1) is 0 Å². The fourth-order valence-corrected chi connectivity index (χ4v) is 2.45. The molecule has 1 aromatic carbocycles. The van der Waals surface area contributed by atoms with E-state index in [9.17, 15) is 0 Å². The van der Waals surface area contributed by atoms with E-state index >= 15 is 0 Å². The molecule has 1 rings (SSSR count). The zero-order valence-corrected chi connectivity index (χ0v) is 14.2. The van der Waals surface area contributed by atoms with Gasteiger partial charge < -0.3 is 19.5 Å². The lowest BCUT2D eigenvalue weighted by molar-refractivity contribution is 0.0894. The molecular weight excluding hydrogens is 322 g/mol. The fraction of sp³-hybridized carbons (Fsp3) is 0.600. The van der Waals surface area contributed by atoms with Gasteiger partial charge in [0.15, 0.2) is 11.5 Å². The summed E-state index contributed by atoms with van der Waals surface area (Å²) in [5.74, 6) is 1.45. The topological polar surface area (TPSA) is 39.7 Å². The second kappa shape index (κ2) is 9.21. The molecule has 0 aliphatic heterocycles. The van der Waals surface area contributed by atoms with E-state index in [2.05, 4.69) is 34.2 Å². The predicted octanol–water partition coefficient (Wildman–Crippen LogP) is 3.37. The molecule has 4 nitrogen and oxygen atoms in total. The van der Waals surface area contributed by atoms with E-state index in [0.29, 0.717) is 6.61 Å². The summed E-state index contributed by atoms with van der Waals surface area (Å²) in [6, 6.07) is 4.06. The van der Waals surface area contributed by atoms with Gasteiger partial charge in [0.25, 0.3) is 0 Å². The van der Waals surface area contributed by atoms with Crippen LogP contribution in [0.4, 0.5) is 0 Å². The molecule has 1 unspecified atom stereocenters. The Kier molecular flexibility index (Phi) is 7.95. The molecule has 0 radical (unpaired) electrons. The maximum absolute atomic E-state index is 5.87.